The average molecular weight is 180 g/mol. The molecule has 4 unspecified atom stereocenters. The molecule has 1 heteroatoms. The van der Waals surface area contributed by atoms with Gasteiger partial charge >= 0.3 is 0 Å². The van der Waals surface area contributed by atoms with Gasteiger partial charge in [-0.25, -0.2) is 0 Å². The lowest BCUT2D eigenvalue weighted by Gasteiger charge is -2.29. The molecule has 0 N–H and O–H groups in total. The highest BCUT2D eigenvalue weighted by Gasteiger charge is 2.45. The molecule has 3 rings (SSSR count). The summed E-state index contributed by atoms with van der Waals surface area (Å²) in [5.41, 5.74) is 0. The molecule has 1 nitrogen and oxygen atoms in total. The Morgan fingerprint density at radius 3 is 1.62 bits per heavy atom. The van der Waals surface area contributed by atoms with Crippen LogP contribution in [0.15, 0.2) is 0 Å². The molecule has 1 aliphatic heterocycles. The predicted octanol–water partition coefficient (Wildman–Crippen LogP) is 3.13. The zero-order valence-corrected chi connectivity index (χ0v) is 8.37. The van der Waals surface area contributed by atoms with E-state index < -0.39 is 0 Å². The fourth-order valence-corrected chi connectivity index (χ4v) is 3.79. The van der Waals surface area contributed by atoms with Crippen molar-refractivity contribution in [3.8, 4) is 0 Å². The third-order valence-electron chi connectivity index (χ3n) is 4.41. The van der Waals surface area contributed by atoms with Gasteiger partial charge in [0.25, 0.3) is 0 Å². The van der Waals surface area contributed by atoms with Gasteiger partial charge in [-0.05, 0) is 37.5 Å². The Kier molecular flexibility index (Phi) is 2.08. The van der Waals surface area contributed by atoms with E-state index in [9.17, 15) is 0 Å². The number of hydrogen-bond donors (Lipinski definition) is 0. The maximum absolute atomic E-state index is 6.17. The minimum absolute atomic E-state index is 0.668. The Balaban J connectivity index is 1.76. The van der Waals surface area contributed by atoms with Crippen LogP contribution in [0, 0.1) is 11.8 Å². The van der Waals surface area contributed by atoms with E-state index in [0.29, 0.717) is 12.2 Å². The largest absolute Gasteiger partial charge is 0.374 e. The molecule has 74 valence electrons. The van der Waals surface area contributed by atoms with Gasteiger partial charge in [0.15, 0.2) is 0 Å². The highest BCUT2D eigenvalue weighted by atomic mass is 16.5. The Labute approximate surface area is 80.8 Å². The summed E-state index contributed by atoms with van der Waals surface area (Å²) in [6, 6.07) is 0. The molecule has 2 saturated carbocycles. The molecule has 0 amide bonds. The fourth-order valence-electron chi connectivity index (χ4n) is 3.79. The van der Waals surface area contributed by atoms with Crippen molar-refractivity contribution in [1.82, 2.24) is 0 Å². The summed E-state index contributed by atoms with van der Waals surface area (Å²) in [7, 11) is 0. The summed E-state index contributed by atoms with van der Waals surface area (Å²) in [5.74, 6) is 1.91. The van der Waals surface area contributed by atoms with Crippen LogP contribution in [0.1, 0.15) is 51.4 Å². The van der Waals surface area contributed by atoms with Gasteiger partial charge < -0.3 is 4.74 Å². The van der Waals surface area contributed by atoms with Crippen LogP contribution in [-0.2, 0) is 4.74 Å². The summed E-state index contributed by atoms with van der Waals surface area (Å²) >= 11 is 0. The van der Waals surface area contributed by atoms with Crippen LogP contribution < -0.4 is 0 Å². The summed E-state index contributed by atoms with van der Waals surface area (Å²) < 4.78 is 6.17. The van der Waals surface area contributed by atoms with Crippen LogP contribution in [0.4, 0.5) is 0 Å². The predicted molar refractivity (Wildman–Crippen MR) is 52.6 cm³/mol. The van der Waals surface area contributed by atoms with Crippen molar-refractivity contribution < 1.29 is 4.74 Å². The highest BCUT2D eigenvalue weighted by molar-refractivity contribution is 4.93. The van der Waals surface area contributed by atoms with Gasteiger partial charge in [-0.3, -0.25) is 0 Å². The van der Waals surface area contributed by atoms with Crippen molar-refractivity contribution in [2.45, 2.75) is 63.6 Å². The topological polar surface area (TPSA) is 9.23 Å². The smallest absolute Gasteiger partial charge is 0.0610 e. The lowest BCUT2D eigenvalue weighted by molar-refractivity contribution is 0.00615. The third kappa shape index (κ3) is 1.32. The highest BCUT2D eigenvalue weighted by Crippen LogP contribution is 2.47. The molecule has 1 heterocycles. The first-order valence-corrected chi connectivity index (χ1v) is 6.10. The Hall–Kier alpha value is -0.0400. The van der Waals surface area contributed by atoms with Crippen molar-refractivity contribution in [3.05, 3.63) is 0 Å². The second-order valence-corrected chi connectivity index (χ2v) is 5.11. The Bertz CT molecular complexity index is 170. The minimum atomic E-state index is 0.668. The molecule has 1 saturated heterocycles. The molecule has 0 radical (unpaired) electrons. The van der Waals surface area contributed by atoms with E-state index in [4.69, 9.17) is 4.74 Å². The van der Waals surface area contributed by atoms with E-state index in [1.807, 2.05) is 0 Å². The normalized spacial score (nSPS) is 49.8. The van der Waals surface area contributed by atoms with Crippen LogP contribution in [0.3, 0.4) is 0 Å². The lowest BCUT2D eigenvalue weighted by atomic mass is 9.73. The molecule has 0 aromatic carbocycles. The van der Waals surface area contributed by atoms with Gasteiger partial charge in [-0.2, -0.15) is 0 Å². The van der Waals surface area contributed by atoms with Crippen molar-refractivity contribution >= 4 is 0 Å². The molecular weight excluding hydrogens is 160 g/mol. The first kappa shape index (κ1) is 8.28. The summed E-state index contributed by atoms with van der Waals surface area (Å²) in [6.45, 7) is 0. The molecular formula is C12H20O. The maximum Gasteiger partial charge on any atom is 0.0610 e. The average Bonchev–Trinajstić information content (AvgIpc) is 2.56. The van der Waals surface area contributed by atoms with Crippen LogP contribution in [0.5, 0.6) is 0 Å². The molecule has 4 atom stereocenters. The van der Waals surface area contributed by atoms with E-state index in [2.05, 4.69) is 0 Å². The molecule has 0 bridgehead atoms. The molecule has 3 aliphatic rings. The summed E-state index contributed by atoms with van der Waals surface area (Å²) in [6.07, 6.45) is 12.7. The Morgan fingerprint density at radius 1 is 0.615 bits per heavy atom. The van der Waals surface area contributed by atoms with E-state index in [-0.39, 0.29) is 0 Å². The standard InChI is InChI=1S/C12H20O/c1-3-7-11-9(5-1)10-6-2-4-8-12(10)13-11/h9-12H,1-8H2. The maximum atomic E-state index is 6.17. The molecule has 0 spiro atoms. The van der Waals surface area contributed by atoms with Crippen LogP contribution in [0.25, 0.3) is 0 Å². The van der Waals surface area contributed by atoms with Crippen molar-refractivity contribution in [2.75, 3.05) is 0 Å². The number of ether oxygens (including phenoxy) is 1. The zero-order valence-electron chi connectivity index (χ0n) is 8.37. The zero-order chi connectivity index (χ0) is 8.67. The van der Waals surface area contributed by atoms with Gasteiger partial charge in [0, 0.05) is 0 Å². The fraction of sp³-hybridized carbons (Fsp3) is 1.00. The first-order valence-electron chi connectivity index (χ1n) is 6.10. The minimum Gasteiger partial charge on any atom is -0.374 e. The lowest BCUT2D eigenvalue weighted by Crippen LogP contribution is -2.26. The van der Waals surface area contributed by atoms with Crippen molar-refractivity contribution in [1.29, 1.82) is 0 Å². The van der Waals surface area contributed by atoms with E-state index in [1.165, 1.54) is 51.4 Å². The molecule has 3 fully saturated rings. The Morgan fingerprint density at radius 2 is 1.08 bits per heavy atom. The number of rotatable bonds is 0. The monoisotopic (exact) mass is 180 g/mol. The SMILES string of the molecule is C1CCC2C(C1)OC1CCCCC12. The molecule has 13 heavy (non-hydrogen) atoms. The van der Waals surface area contributed by atoms with Gasteiger partial charge in [-0.1, -0.05) is 25.7 Å². The van der Waals surface area contributed by atoms with E-state index in [1.54, 1.807) is 0 Å². The van der Waals surface area contributed by atoms with Gasteiger partial charge in [0.1, 0.15) is 0 Å². The van der Waals surface area contributed by atoms with E-state index in [0.717, 1.165) is 11.8 Å². The van der Waals surface area contributed by atoms with Crippen molar-refractivity contribution in [3.63, 3.8) is 0 Å². The van der Waals surface area contributed by atoms with Crippen LogP contribution >= 0.6 is 0 Å². The van der Waals surface area contributed by atoms with Crippen LogP contribution in [0.2, 0.25) is 0 Å². The van der Waals surface area contributed by atoms with E-state index >= 15 is 0 Å². The summed E-state index contributed by atoms with van der Waals surface area (Å²) in [5, 5.41) is 0. The van der Waals surface area contributed by atoms with Gasteiger partial charge in [0.05, 0.1) is 12.2 Å². The molecule has 0 aromatic heterocycles. The quantitative estimate of drug-likeness (QED) is 0.556. The molecule has 0 aromatic rings. The summed E-state index contributed by atoms with van der Waals surface area (Å²) in [4.78, 5) is 0. The second-order valence-electron chi connectivity index (χ2n) is 5.11. The second kappa shape index (κ2) is 3.27. The van der Waals surface area contributed by atoms with Crippen molar-refractivity contribution in [2.24, 2.45) is 11.8 Å². The van der Waals surface area contributed by atoms with Gasteiger partial charge in [0.2, 0.25) is 0 Å². The van der Waals surface area contributed by atoms with Crippen LogP contribution in [-0.4, -0.2) is 12.2 Å². The molecule has 2 aliphatic carbocycles. The van der Waals surface area contributed by atoms with Gasteiger partial charge in [-0.15, -0.1) is 0 Å². The third-order valence-corrected chi connectivity index (χ3v) is 4.41. The number of hydrogen-bond acceptors (Lipinski definition) is 1. The number of fused-ring (bicyclic) bond motifs is 3. The first-order chi connectivity index (χ1) is 6.45.